The van der Waals surface area contributed by atoms with Gasteiger partial charge in [0.25, 0.3) is 11.5 Å². The first-order valence-electron chi connectivity index (χ1n) is 10.9. The van der Waals surface area contributed by atoms with E-state index in [1.807, 2.05) is 64.9 Å². The first-order valence-corrected chi connectivity index (χ1v) is 11.7. The van der Waals surface area contributed by atoms with Crippen molar-refractivity contribution in [2.24, 2.45) is 0 Å². The van der Waals surface area contributed by atoms with E-state index in [-0.39, 0.29) is 17.3 Å². The number of benzene rings is 2. The number of carbonyl (C=O) groups is 1. The number of amides is 1. The van der Waals surface area contributed by atoms with Crippen LogP contribution in [0.5, 0.6) is 5.75 Å². The van der Waals surface area contributed by atoms with E-state index in [1.165, 1.54) is 11.3 Å². The number of hydrogen-bond acceptors (Lipinski definition) is 5. The summed E-state index contributed by atoms with van der Waals surface area (Å²) in [6, 6.07) is 17.2. The molecule has 0 radical (unpaired) electrons. The minimum absolute atomic E-state index is 0.127. The lowest BCUT2D eigenvalue weighted by Gasteiger charge is -2.17. The molecule has 6 nitrogen and oxygen atoms in total. The summed E-state index contributed by atoms with van der Waals surface area (Å²) in [5.74, 6) is 0.853. The standard InChI is InChI=1S/C26H23N3O3S/c1-32-19-11-7-8-17(14-19)15-20(26(31)29-12-5-6-13-29)23-27-24(30)22-21(16-33-25(22)28-23)18-9-3-2-4-10-18/h2-4,7-11,14-16H,5-6,12-13H2,1H3,(H,27,28,30)/b20-15+. The van der Waals surface area contributed by atoms with Gasteiger partial charge in [0.2, 0.25) is 0 Å². The fourth-order valence-electron chi connectivity index (χ4n) is 4.13. The van der Waals surface area contributed by atoms with Gasteiger partial charge in [-0.05, 0) is 42.2 Å². The number of H-pyrrole nitrogens is 1. The topological polar surface area (TPSA) is 75.3 Å². The van der Waals surface area contributed by atoms with Crippen LogP contribution in [0.2, 0.25) is 0 Å². The lowest BCUT2D eigenvalue weighted by Crippen LogP contribution is -2.29. The molecule has 1 saturated heterocycles. The van der Waals surface area contributed by atoms with Crippen LogP contribution in [0.3, 0.4) is 0 Å². The zero-order chi connectivity index (χ0) is 22.8. The zero-order valence-electron chi connectivity index (χ0n) is 18.2. The number of aromatic amines is 1. The van der Waals surface area contributed by atoms with Crippen molar-refractivity contribution in [2.45, 2.75) is 12.8 Å². The molecule has 0 saturated carbocycles. The molecule has 2 aromatic carbocycles. The average molecular weight is 458 g/mol. The number of fused-ring (bicyclic) bond motifs is 1. The van der Waals surface area contributed by atoms with Crippen LogP contribution in [0.25, 0.3) is 33.0 Å². The van der Waals surface area contributed by atoms with Crippen LogP contribution in [-0.4, -0.2) is 41.0 Å². The third kappa shape index (κ3) is 4.19. The van der Waals surface area contributed by atoms with Crippen molar-refractivity contribution in [1.82, 2.24) is 14.9 Å². The van der Waals surface area contributed by atoms with E-state index in [2.05, 4.69) is 4.98 Å². The van der Waals surface area contributed by atoms with E-state index in [0.717, 1.165) is 29.5 Å². The summed E-state index contributed by atoms with van der Waals surface area (Å²) >= 11 is 1.41. The van der Waals surface area contributed by atoms with Gasteiger partial charge in [0.05, 0.1) is 18.1 Å². The van der Waals surface area contributed by atoms with Crippen molar-refractivity contribution in [2.75, 3.05) is 20.2 Å². The molecule has 0 bridgehead atoms. The summed E-state index contributed by atoms with van der Waals surface area (Å²) < 4.78 is 5.33. The van der Waals surface area contributed by atoms with Crippen molar-refractivity contribution in [1.29, 1.82) is 0 Å². The first kappa shape index (κ1) is 21.2. The molecule has 0 aliphatic carbocycles. The van der Waals surface area contributed by atoms with Gasteiger partial charge >= 0.3 is 0 Å². The van der Waals surface area contributed by atoms with Gasteiger partial charge in [-0.15, -0.1) is 11.3 Å². The van der Waals surface area contributed by atoms with Crippen LogP contribution in [0.4, 0.5) is 0 Å². The van der Waals surface area contributed by atoms with Crippen LogP contribution in [0.15, 0.2) is 64.8 Å². The predicted octanol–water partition coefficient (Wildman–Crippen LogP) is 4.82. The van der Waals surface area contributed by atoms with Crippen molar-refractivity contribution in [3.8, 4) is 16.9 Å². The fraction of sp³-hybridized carbons (Fsp3) is 0.192. The number of ether oxygens (including phenoxy) is 1. The SMILES string of the molecule is COc1cccc(/C=C(/C(=O)N2CCCC2)c2nc3scc(-c4ccccc4)c3c(=O)[nH]2)c1. The second kappa shape index (κ2) is 9.03. The third-order valence-electron chi connectivity index (χ3n) is 5.81. The van der Waals surface area contributed by atoms with Gasteiger partial charge in [-0.3, -0.25) is 9.59 Å². The molecule has 0 spiro atoms. The lowest BCUT2D eigenvalue weighted by atomic mass is 10.1. The highest BCUT2D eigenvalue weighted by atomic mass is 32.1. The molecule has 0 unspecified atom stereocenters. The molecule has 1 aliphatic rings. The second-order valence-corrected chi connectivity index (χ2v) is 8.80. The highest BCUT2D eigenvalue weighted by Crippen LogP contribution is 2.31. The van der Waals surface area contributed by atoms with E-state index in [0.29, 0.717) is 34.6 Å². The molecule has 166 valence electrons. The monoisotopic (exact) mass is 457 g/mol. The number of thiophene rings is 1. The van der Waals surface area contributed by atoms with Gasteiger partial charge in [-0.2, -0.15) is 0 Å². The second-order valence-electron chi connectivity index (χ2n) is 7.94. The Labute approximate surface area is 195 Å². The number of hydrogen-bond donors (Lipinski definition) is 1. The summed E-state index contributed by atoms with van der Waals surface area (Å²) in [5.41, 5.74) is 2.74. The molecule has 7 heteroatoms. The summed E-state index contributed by atoms with van der Waals surface area (Å²) in [6.07, 6.45) is 3.73. The molecule has 2 aromatic heterocycles. The maximum Gasteiger partial charge on any atom is 0.260 e. The molecule has 0 atom stereocenters. The summed E-state index contributed by atoms with van der Waals surface area (Å²) in [6.45, 7) is 1.41. The van der Waals surface area contributed by atoms with Crippen LogP contribution in [-0.2, 0) is 4.79 Å². The maximum absolute atomic E-state index is 13.4. The van der Waals surface area contributed by atoms with E-state index >= 15 is 0 Å². The van der Waals surface area contributed by atoms with Gasteiger partial charge in [-0.1, -0.05) is 42.5 Å². The molecule has 1 aliphatic heterocycles. The molecule has 4 aromatic rings. The highest BCUT2D eigenvalue weighted by Gasteiger charge is 2.25. The highest BCUT2D eigenvalue weighted by molar-refractivity contribution is 7.17. The fourth-order valence-corrected chi connectivity index (χ4v) is 5.07. The van der Waals surface area contributed by atoms with Crippen molar-refractivity contribution < 1.29 is 9.53 Å². The third-order valence-corrected chi connectivity index (χ3v) is 6.68. The summed E-state index contributed by atoms with van der Waals surface area (Å²) in [5, 5.41) is 2.49. The number of nitrogens with zero attached hydrogens (tertiary/aromatic N) is 2. The van der Waals surface area contributed by atoms with Gasteiger partial charge < -0.3 is 14.6 Å². The van der Waals surface area contributed by atoms with Crippen LogP contribution in [0.1, 0.15) is 24.2 Å². The van der Waals surface area contributed by atoms with Crippen LogP contribution >= 0.6 is 11.3 Å². The number of nitrogens with one attached hydrogen (secondary N) is 1. The molecule has 1 N–H and O–H groups in total. The predicted molar refractivity (Wildman–Crippen MR) is 132 cm³/mol. The number of aromatic nitrogens is 2. The molecule has 1 fully saturated rings. The van der Waals surface area contributed by atoms with Gasteiger partial charge in [0.1, 0.15) is 16.4 Å². The number of rotatable bonds is 5. The van der Waals surface area contributed by atoms with Crippen LogP contribution < -0.4 is 10.3 Å². The smallest absolute Gasteiger partial charge is 0.260 e. The van der Waals surface area contributed by atoms with Crippen molar-refractivity contribution in [3.63, 3.8) is 0 Å². The zero-order valence-corrected chi connectivity index (χ0v) is 19.0. The van der Waals surface area contributed by atoms with Crippen molar-refractivity contribution >= 4 is 39.1 Å². The van der Waals surface area contributed by atoms with E-state index in [9.17, 15) is 9.59 Å². The Balaban J connectivity index is 1.64. The van der Waals surface area contributed by atoms with E-state index < -0.39 is 0 Å². The van der Waals surface area contributed by atoms with Gasteiger partial charge in [0, 0.05) is 24.0 Å². The van der Waals surface area contributed by atoms with Crippen LogP contribution in [0, 0.1) is 0 Å². The molecular weight excluding hydrogens is 434 g/mol. The molecule has 3 heterocycles. The number of methoxy groups -OCH3 is 1. The largest absolute Gasteiger partial charge is 0.497 e. The normalized spacial score (nSPS) is 14.1. The van der Waals surface area contributed by atoms with E-state index in [4.69, 9.17) is 9.72 Å². The molecular formula is C26H23N3O3S. The quantitative estimate of drug-likeness (QED) is 0.436. The van der Waals surface area contributed by atoms with Gasteiger partial charge in [-0.25, -0.2) is 4.98 Å². The van der Waals surface area contributed by atoms with Crippen molar-refractivity contribution in [3.05, 3.63) is 81.7 Å². The number of likely N-dealkylation sites (tertiary alicyclic amines) is 1. The molecule has 33 heavy (non-hydrogen) atoms. The van der Waals surface area contributed by atoms with E-state index in [1.54, 1.807) is 13.2 Å². The minimum atomic E-state index is -0.249. The Morgan fingerprint density at radius 3 is 2.67 bits per heavy atom. The summed E-state index contributed by atoms with van der Waals surface area (Å²) in [4.78, 5) is 36.7. The maximum atomic E-state index is 13.4. The molecule has 1 amide bonds. The number of carbonyl (C=O) groups excluding carboxylic acids is 1. The Hall–Kier alpha value is -3.71. The Kier molecular flexibility index (Phi) is 5.79. The Bertz CT molecular complexity index is 1400. The lowest BCUT2D eigenvalue weighted by molar-refractivity contribution is -0.123. The molecule has 5 rings (SSSR count). The van der Waals surface area contributed by atoms with Gasteiger partial charge in [0.15, 0.2) is 0 Å². The minimum Gasteiger partial charge on any atom is -0.497 e. The summed E-state index contributed by atoms with van der Waals surface area (Å²) in [7, 11) is 1.60. The Morgan fingerprint density at radius 1 is 1.12 bits per heavy atom. The average Bonchev–Trinajstić information content (AvgIpc) is 3.53. The first-order chi connectivity index (χ1) is 16.1. The Morgan fingerprint density at radius 2 is 1.91 bits per heavy atom.